The minimum absolute atomic E-state index is 0.0439. The van der Waals surface area contributed by atoms with Gasteiger partial charge in [-0.05, 0) is 81.4 Å². The molecule has 1 aromatic heterocycles. The molecule has 4 aliphatic carbocycles. The number of imidazole rings is 1. The molecule has 0 atom stereocenters. The summed E-state index contributed by atoms with van der Waals surface area (Å²) in [6.45, 7) is 7.02. The topological polar surface area (TPSA) is 113 Å². The number of amides is 3. The van der Waals surface area contributed by atoms with Crippen molar-refractivity contribution in [1.82, 2.24) is 24.5 Å². The first kappa shape index (κ1) is 26.5. The van der Waals surface area contributed by atoms with E-state index in [0.717, 1.165) is 24.8 Å². The molecule has 0 spiro atoms. The van der Waals surface area contributed by atoms with Crippen molar-refractivity contribution in [3.05, 3.63) is 18.2 Å². The number of hydrogen-bond acceptors (Lipinski definition) is 6. The van der Waals surface area contributed by atoms with Crippen LogP contribution in [0, 0.1) is 17.8 Å². The van der Waals surface area contributed by atoms with Gasteiger partial charge in [-0.1, -0.05) is 25.6 Å². The highest BCUT2D eigenvalue weighted by Gasteiger charge is 2.51. The van der Waals surface area contributed by atoms with Gasteiger partial charge in [0.05, 0.1) is 21.7 Å². The molecule has 1 aromatic carbocycles. The van der Waals surface area contributed by atoms with E-state index in [-0.39, 0.29) is 22.1 Å². The molecule has 4 aliphatic rings. The summed E-state index contributed by atoms with van der Waals surface area (Å²) in [5.74, 6) is 1.81. The average Bonchev–Trinajstić information content (AvgIpc) is 3.18. The molecule has 0 unspecified atom stereocenters. The number of benzene rings is 1. The molecule has 0 saturated heterocycles. The lowest BCUT2D eigenvalue weighted by Crippen LogP contribution is -2.61. The maximum absolute atomic E-state index is 12.9. The van der Waals surface area contributed by atoms with Gasteiger partial charge in [0.15, 0.2) is 5.16 Å². The number of carbonyl (C=O) groups excluding carboxylic acids is 2. The van der Waals surface area contributed by atoms with Crippen LogP contribution in [0.3, 0.4) is 0 Å². The first-order valence-electron chi connectivity index (χ1n) is 13.4. The Morgan fingerprint density at radius 1 is 1.08 bits per heavy atom. The van der Waals surface area contributed by atoms with Crippen molar-refractivity contribution in [2.24, 2.45) is 17.8 Å². The average molecular weight is 548 g/mol. The van der Waals surface area contributed by atoms with Crippen molar-refractivity contribution in [3.8, 4) is 0 Å². The number of imide groups is 1. The van der Waals surface area contributed by atoms with Gasteiger partial charge in [0, 0.05) is 25.2 Å². The number of rotatable bonds is 9. The largest absolute Gasteiger partial charge is 0.332 e. The summed E-state index contributed by atoms with van der Waals surface area (Å²) in [7, 11) is -3.59. The second-order valence-electron chi connectivity index (χ2n) is 10.9. The van der Waals surface area contributed by atoms with Gasteiger partial charge in [-0.15, -0.1) is 0 Å². The van der Waals surface area contributed by atoms with Crippen LogP contribution in [-0.4, -0.2) is 58.6 Å². The van der Waals surface area contributed by atoms with Gasteiger partial charge in [0.25, 0.3) is 0 Å². The molecule has 202 valence electrons. The first-order valence-corrected chi connectivity index (χ1v) is 15.8. The second kappa shape index (κ2) is 10.2. The van der Waals surface area contributed by atoms with E-state index >= 15 is 0 Å². The fourth-order valence-corrected chi connectivity index (χ4v) is 9.56. The summed E-state index contributed by atoms with van der Waals surface area (Å²) in [6.07, 6.45) is 6.96. The van der Waals surface area contributed by atoms with Gasteiger partial charge in [0.2, 0.25) is 15.9 Å². The van der Waals surface area contributed by atoms with Crippen LogP contribution in [-0.2, 0) is 21.4 Å². The summed E-state index contributed by atoms with van der Waals surface area (Å²) in [4.78, 5) is 30.2. The highest BCUT2D eigenvalue weighted by molar-refractivity contribution is 7.99. The number of thioether (sulfide) groups is 1. The number of sulfonamides is 1. The summed E-state index contributed by atoms with van der Waals surface area (Å²) in [5.41, 5.74) is 1.23. The van der Waals surface area contributed by atoms with E-state index in [2.05, 4.69) is 15.6 Å². The van der Waals surface area contributed by atoms with E-state index in [0.29, 0.717) is 48.1 Å². The predicted molar refractivity (Wildman–Crippen MR) is 144 cm³/mol. The number of urea groups is 1. The quantitative estimate of drug-likeness (QED) is 0.459. The van der Waals surface area contributed by atoms with Crippen LogP contribution >= 0.6 is 11.8 Å². The SMILES string of the molecule is CCN(CC)S(=O)(=O)c1ccc2c(c1)nc(SCC(=O)NC(=O)NC13CC4CC(CC(C4)C1)C3)n2CC. The fourth-order valence-electron chi connectivity index (χ4n) is 7.20. The molecule has 4 saturated carbocycles. The van der Waals surface area contributed by atoms with Crippen molar-refractivity contribution in [3.63, 3.8) is 0 Å². The van der Waals surface area contributed by atoms with E-state index < -0.39 is 16.1 Å². The number of nitrogens with zero attached hydrogens (tertiary/aromatic N) is 3. The lowest BCUT2D eigenvalue weighted by molar-refractivity contribution is -0.117. The fraction of sp³-hybridized carbons (Fsp3) is 0.654. The Labute approximate surface area is 223 Å². The zero-order chi connectivity index (χ0) is 26.4. The number of nitrogens with one attached hydrogen (secondary N) is 2. The Hall–Kier alpha value is -2.11. The Morgan fingerprint density at radius 2 is 1.70 bits per heavy atom. The molecular formula is C26H37N5O4S2. The van der Waals surface area contributed by atoms with E-state index in [4.69, 9.17) is 0 Å². The number of aryl methyl sites for hydroxylation is 1. The second-order valence-corrected chi connectivity index (χ2v) is 13.7. The molecule has 37 heavy (non-hydrogen) atoms. The normalized spacial score (nSPS) is 26.6. The summed E-state index contributed by atoms with van der Waals surface area (Å²) < 4.78 is 29.3. The maximum Gasteiger partial charge on any atom is 0.321 e. The minimum atomic E-state index is -3.59. The third-order valence-electron chi connectivity index (χ3n) is 8.35. The molecule has 4 fully saturated rings. The molecule has 0 aliphatic heterocycles. The molecule has 4 bridgehead atoms. The van der Waals surface area contributed by atoms with Gasteiger partial charge >= 0.3 is 6.03 Å². The smallest absolute Gasteiger partial charge is 0.321 e. The van der Waals surface area contributed by atoms with Crippen molar-refractivity contribution >= 4 is 44.8 Å². The van der Waals surface area contributed by atoms with Crippen LogP contribution < -0.4 is 10.6 Å². The van der Waals surface area contributed by atoms with Gasteiger partial charge in [-0.2, -0.15) is 4.31 Å². The van der Waals surface area contributed by atoms with E-state index in [1.54, 1.807) is 18.2 Å². The number of fused-ring (bicyclic) bond motifs is 1. The number of aromatic nitrogens is 2. The zero-order valence-electron chi connectivity index (χ0n) is 21.8. The van der Waals surface area contributed by atoms with Crippen LogP contribution in [0.15, 0.2) is 28.3 Å². The number of hydrogen-bond donors (Lipinski definition) is 2. The van der Waals surface area contributed by atoms with Crippen molar-refractivity contribution < 1.29 is 18.0 Å². The Kier molecular flexibility index (Phi) is 7.32. The van der Waals surface area contributed by atoms with E-state index in [1.807, 2.05) is 25.3 Å². The molecule has 3 amide bonds. The first-order chi connectivity index (χ1) is 17.7. The molecule has 1 heterocycles. The molecular weight excluding hydrogens is 510 g/mol. The van der Waals surface area contributed by atoms with Crippen LogP contribution in [0.25, 0.3) is 11.0 Å². The maximum atomic E-state index is 12.9. The van der Waals surface area contributed by atoms with Crippen LogP contribution in [0.5, 0.6) is 0 Å². The predicted octanol–water partition coefficient (Wildman–Crippen LogP) is 3.97. The standard InChI is InChI=1S/C26H37N5O4S2/c1-4-30(5-2)37(34,35)20-7-8-22-21(12-20)27-25(31(22)6-3)36-16-23(32)28-24(33)29-26-13-17-9-18(14-26)11-19(10-17)15-26/h7-8,12,17-19H,4-6,9-11,13-16H2,1-3H3,(H2,28,29,32,33). The minimum Gasteiger partial charge on any atom is -0.332 e. The highest BCUT2D eigenvalue weighted by Crippen LogP contribution is 2.55. The van der Waals surface area contributed by atoms with Crippen LogP contribution in [0.4, 0.5) is 4.79 Å². The molecule has 11 heteroatoms. The third-order valence-corrected chi connectivity index (χ3v) is 11.4. The molecule has 6 rings (SSSR count). The van der Waals surface area contributed by atoms with Gasteiger partial charge < -0.3 is 9.88 Å². The lowest BCUT2D eigenvalue weighted by atomic mass is 9.53. The summed E-state index contributed by atoms with van der Waals surface area (Å²) in [5, 5.41) is 6.31. The molecule has 2 N–H and O–H groups in total. The van der Waals surface area contributed by atoms with Gasteiger partial charge in [-0.3, -0.25) is 10.1 Å². The molecule has 9 nitrogen and oxygen atoms in total. The van der Waals surface area contributed by atoms with E-state index in [9.17, 15) is 18.0 Å². The Morgan fingerprint density at radius 3 is 2.27 bits per heavy atom. The summed E-state index contributed by atoms with van der Waals surface area (Å²) >= 11 is 1.25. The van der Waals surface area contributed by atoms with Crippen LogP contribution in [0.2, 0.25) is 0 Å². The highest BCUT2D eigenvalue weighted by atomic mass is 32.2. The lowest BCUT2D eigenvalue weighted by Gasteiger charge is -2.56. The molecule has 0 radical (unpaired) electrons. The Balaban J connectivity index is 1.23. The van der Waals surface area contributed by atoms with E-state index in [1.165, 1.54) is 35.3 Å². The third kappa shape index (κ3) is 5.14. The van der Waals surface area contributed by atoms with Crippen molar-refractivity contribution in [2.75, 3.05) is 18.8 Å². The zero-order valence-corrected chi connectivity index (χ0v) is 23.5. The van der Waals surface area contributed by atoms with Gasteiger partial charge in [0.1, 0.15) is 0 Å². The van der Waals surface area contributed by atoms with Crippen molar-refractivity contribution in [2.45, 2.75) is 81.4 Å². The summed E-state index contributed by atoms with van der Waals surface area (Å²) in [6, 6.07) is 4.58. The molecule has 2 aromatic rings. The monoisotopic (exact) mass is 547 g/mol. The number of carbonyl (C=O) groups is 2. The Bertz CT molecular complexity index is 1270. The van der Waals surface area contributed by atoms with Crippen LogP contribution in [0.1, 0.15) is 59.3 Å². The van der Waals surface area contributed by atoms with Gasteiger partial charge in [-0.25, -0.2) is 18.2 Å². The van der Waals surface area contributed by atoms with Crippen molar-refractivity contribution in [1.29, 1.82) is 0 Å².